The van der Waals surface area contributed by atoms with Crippen molar-refractivity contribution in [1.29, 1.82) is 0 Å². The van der Waals surface area contributed by atoms with E-state index in [1.165, 1.54) is 15.8 Å². The van der Waals surface area contributed by atoms with E-state index in [2.05, 4.69) is 43.2 Å². The molecular weight excluding hydrogens is 280 g/mol. The molecule has 0 aliphatic carbocycles. The number of nitrogens with zero attached hydrogens (tertiary/aromatic N) is 1. The molecule has 110 valence electrons. The summed E-state index contributed by atoms with van der Waals surface area (Å²) in [4.78, 5) is 5.64. The van der Waals surface area contributed by atoms with E-state index in [1.807, 2.05) is 18.3 Å². The molecule has 0 amide bonds. The number of aromatic nitrogens is 1. The van der Waals surface area contributed by atoms with Crippen molar-refractivity contribution < 1.29 is 4.42 Å². The predicted molar refractivity (Wildman–Crippen MR) is 87.7 cm³/mol. The number of thiazole rings is 1. The SMILES string of the molecule is CCc1c(C(C)NCc2ncc(C)s2)oc2ccccc12. The number of hydrogen-bond acceptors (Lipinski definition) is 4. The molecule has 0 aliphatic heterocycles. The second kappa shape index (κ2) is 6.00. The van der Waals surface area contributed by atoms with E-state index >= 15 is 0 Å². The molecule has 2 heterocycles. The number of benzene rings is 1. The maximum absolute atomic E-state index is 6.07. The molecule has 0 spiro atoms. The second-order valence-corrected chi connectivity index (χ2v) is 6.58. The van der Waals surface area contributed by atoms with Crippen molar-refractivity contribution >= 4 is 22.3 Å². The number of furan rings is 1. The Bertz CT molecular complexity index is 744. The Labute approximate surface area is 129 Å². The van der Waals surface area contributed by atoms with E-state index in [4.69, 9.17) is 4.42 Å². The van der Waals surface area contributed by atoms with E-state index in [0.29, 0.717) is 0 Å². The van der Waals surface area contributed by atoms with Crippen molar-refractivity contribution in [2.75, 3.05) is 0 Å². The van der Waals surface area contributed by atoms with Gasteiger partial charge in [0.05, 0.1) is 6.04 Å². The van der Waals surface area contributed by atoms with Crippen molar-refractivity contribution in [3.63, 3.8) is 0 Å². The van der Waals surface area contributed by atoms with Gasteiger partial charge in [-0.3, -0.25) is 0 Å². The fourth-order valence-electron chi connectivity index (χ4n) is 2.65. The topological polar surface area (TPSA) is 38.1 Å². The molecule has 2 aromatic heterocycles. The first-order chi connectivity index (χ1) is 10.2. The van der Waals surface area contributed by atoms with Gasteiger partial charge in [-0.05, 0) is 26.3 Å². The largest absolute Gasteiger partial charge is 0.459 e. The Hall–Kier alpha value is -1.65. The smallest absolute Gasteiger partial charge is 0.134 e. The van der Waals surface area contributed by atoms with Crippen LogP contribution in [0.5, 0.6) is 0 Å². The number of aryl methyl sites for hydroxylation is 2. The summed E-state index contributed by atoms with van der Waals surface area (Å²) in [6.45, 7) is 7.19. The maximum atomic E-state index is 6.07. The van der Waals surface area contributed by atoms with Crippen LogP contribution in [0.2, 0.25) is 0 Å². The Morgan fingerprint density at radius 3 is 2.86 bits per heavy atom. The van der Waals surface area contributed by atoms with Gasteiger partial charge in [-0.25, -0.2) is 4.98 Å². The summed E-state index contributed by atoms with van der Waals surface area (Å²) in [6.07, 6.45) is 2.90. The van der Waals surface area contributed by atoms with E-state index in [9.17, 15) is 0 Å². The van der Waals surface area contributed by atoms with E-state index in [0.717, 1.165) is 29.3 Å². The fourth-order valence-corrected chi connectivity index (χ4v) is 3.39. The van der Waals surface area contributed by atoms with Crippen molar-refractivity contribution in [3.8, 4) is 0 Å². The average Bonchev–Trinajstić information content (AvgIpc) is 3.07. The highest BCUT2D eigenvalue weighted by Gasteiger charge is 2.18. The third-order valence-electron chi connectivity index (χ3n) is 3.70. The van der Waals surface area contributed by atoms with Crippen LogP contribution >= 0.6 is 11.3 Å². The highest BCUT2D eigenvalue weighted by molar-refractivity contribution is 7.11. The number of nitrogens with one attached hydrogen (secondary N) is 1. The van der Waals surface area contributed by atoms with E-state index < -0.39 is 0 Å². The van der Waals surface area contributed by atoms with Gasteiger partial charge in [-0.15, -0.1) is 11.3 Å². The summed E-state index contributed by atoms with van der Waals surface area (Å²) in [5.41, 5.74) is 2.28. The minimum atomic E-state index is 0.177. The Kier molecular flexibility index (Phi) is 4.08. The predicted octanol–water partition coefficient (Wildman–Crippen LogP) is 4.61. The minimum absolute atomic E-state index is 0.177. The van der Waals surface area contributed by atoms with Gasteiger partial charge in [0.15, 0.2) is 0 Å². The fraction of sp³-hybridized carbons (Fsp3) is 0.353. The van der Waals surface area contributed by atoms with Gasteiger partial charge in [0.25, 0.3) is 0 Å². The summed E-state index contributed by atoms with van der Waals surface area (Å²) < 4.78 is 6.07. The number of hydrogen-bond donors (Lipinski definition) is 1. The van der Waals surface area contributed by atoms with Gasteiger partial charge in [-0.1, -0.05) is 25.1 Å². The van der Waals surface area contributed by atoms with Crippen molar-refractivity contribution in [1.82, 2.24) is 10.3 Å². The molecule has 1 N–H and O–H groups in total. The molecule has 0 fully saturated rings. The molecule has 4 heteroatoms. The molecule has 3 aromatic rings. The van der Waals surface area contributed by atoms with Crippen LogP contribution in [0, 0.1) is 6.92 Å². The zero-order chi connectivity index (χ0) is 14.8. The molecule has 0 saturated heterocycles. The first-order valence-corrected chi connectivity index (χ1v) is 8.15. The normalized spacial score (nSPS) is 12.9. The van der Waals surface area contributed by atoms with Gasteiger partial charge in [0.2, 0.25) is 0 Å². The number of fused-ring (bicyclic) bond motifs is 1. The highest BCUT2D eigenvalue weighted by Crippen LogP contribution is 2.30. The number of rotatable bonds is 5. The van der Waals surface area contributed by atoms with Gasteiger partial charge in [-0.2, -0.15) is 0 Å². The summed E-state index contributed by atoms with van der Waals surface area (Å²) >= 11 is 1.74. The molecule has 1 aromatic carbocycles. The van der Waals surface area contributed by atoms with Crippen LogP contribution in [0.3, 0.4) is 0 Å². The highest BCUT2D eigenvalue weighted by atomic mass is 32.1. The summed E-state index contributed by atoms with van der Waals surface area (Å²) in [5, 5.41) is 5.87. The Balaban J connectivity index is 1.82. The lowest BCUT2D eigenvalue weighted by atomic mass is 10.1. The third kappa shape index (κ3) is 2.87. The van der Waals surface area contributed by atoms with Gasteiger partial charge in [0.1, 0.15) is 16.4 Å². The van der Waals surface area contributed by atoms with Gasteiger partial charge >= 0.3 is 0 Å². The summed E-state index contributed by atoms with van der Waals surface area (Å²) in [5.74, 6) is 1.05. The molecule has 3 nitrogen and oxygen atoms in total. The van der Waals surface area contributed by atoms with Crippen LogP contribution in [-0.2, 0) is 13.0 Å². The van der Waals surface area contributed by atoms with Crippen molar-refractivity contribution in [2.45, 2.75) is 39.8 Å². The van der Waals surface area contributed by atoms with Crippen LogP contribution in [0.4, 0.5) is 0 Å². The zero-order valence-corrected chi connectivity index (χ0v) is 13.5. The molecule has 0 bridgehead atoms. The van der Waals surface area contributed by atoms with Gasteiger partial charge in [0, 0.05) is 28.6 Å². The lowest BCUT2D eigenvalue weighted by Crippen LogP contribution is -2.18. The van der Waals surface area contributed by atoms with Crippen LogP contribution in [0.25, 0.3) is 11.0 Å². The van der Waals surface area contributed by atoms with E-state index in [-0.39, 0.29) is 6.04 Å². The monoisotopic (exact) mass is 300 g/mol. The lowest BCUT2D eigenvalue weighted by molar-refractivity contribution is 0.445. The third-order valence-corrected chi connectivity index (χ3v) is 4.62. The first kappa shape index (κ1) is 14.3. The molecule has 0 aliphatic rings. The molecular formula is C17H20N2OS. The van der Waals surface area contributed by atoms with Crippen LogP contribution in [0.15, 0.2) is 34.9 Å². The Morgan fingerprint density at radius 2 is 2.14 bits per heavy atom. The van der Waals surface area contributed by atoms with Crippen LogP contribution in [0.1, 0.15) is 41.1 Å². The Morgan fingerprint density at radius 1 is 1.33 bits per heavy atom. The maximum Gasteiger partial charge on any atom is 0.134 e. The van der Waals surface area contributed by atoms with Crippen LogP contribution in [-0.4, -0.2) is 4.98 Å². The molecule has 0 radical (unpaired) electrons. The summed E-state index contributed by atoms with van der Waals surface area (Å²) in [6, 6.07) is 8.44. The molecule has 1 unspecified atom stereocenters. The van der Waals surface area contributed by atoms with Crippen molar-refractivity contribution in [2.24, 2.45) is 0 Å². The molecule has 3 rings (SSSR count). The van der Waals surface area contributed by atoms with Gasteiger partial charge < -0.3 is 9.73 Å². The van der Waals surface area contributed by atoms with E-state index in [1.54, 1.807) is 11.3 Å². The van der Waals surface area contributed by atoms with Crippen molar-refractivity contribution in [3.05, 3.63) is 51.7 Å². The average molecular weight is 300 g/mol. The molecule has 0 saturated carbocycles. The number of para-hydroxylation sites is 1. The minimum Gasteiger partial charge on any atom is -0.459 e. The lowest BCUT2D eigenvalue weighted by Gasteiger charge is -2.12. The molecule has 21 heavy (non-hydrogen) atoms. The van der Waals surface area contributed by atoms with Crippen LogP contribution < -0.4 is 5.32 Å². The molecule has 1 atom stereocenters. The summed E-state index contributed by atoms with van der Waals surface area (Å²) in [7, 11) is 0. The quantitative estimate of drug-likeness (QED) is 0.747. The first-order valence-electron chi connectivity index (χ1n) is 7.34. The zero-order valence-electron chi connectivity index (χ0n) is 12.6. The second-order valence-electron chi connectivity index (χ2n) is 5.26. The standard InChI is InChI=1S/C17H20N2OS/c1-4-13-14-7-5-6-8-15(14)20-17(13)12(3)18-10-16-19-9-11(2)21-16/h5-9,12,18H,4,10H2,1-3H3.